The molecule has 3 N–H and O–H groups in total. The van der Waals surface area contributed by atoms with Crippen molar-refractivity contribution in [2.24, 2.45) is 0 Å². The quantitative estimate of drug-likeness (QED) is 0.722. The van der Waals surface area contributed by atoms with Crippen LogP contribution in [-0.4, -0.2) is 61.0 Å². The molecule has 0 bridgehead atoms. The Labute approximate surface area is 158 Å². The van der Waals surface area contributed by atoms with E-state index in [4.69, 9.17) is 26.8 Å². The number of nitrogen functional groups attached to an aromatic ring is 1. The lowest BCUT2D eigenvalue weighted by Gasteiger charge is -2.26. The molecule has 0 saturated carbocycles. The Hall–Kier alpha value is -2.09. The number of anilines is 1. The molecule has 0 spiro atoms. The molecule has 0 amide bonds. The van der Waals surface area contributed by atoms with Crippen molar-refractivity contribution in [3.05, 3.63) is 41.0 Å². The number of benzene rings is 1. The van der Waals surface area contributed by atoms with E-state index in [-0.39, 0.29) is 11.0 Å². The van der Waals surface area contributed by atoms with Crippen molar-refractivity contribution in [2.75, 3.05) is 51.7 Å². The first-order chi connectivity index (χ1) is 12.7. The highest BCUT2D eigenvalue weighted by atomic mass is 35.5. The van der Waals surface area contributed by atoms with E-state index in [1.165, 1.54) is 0 Å². The number of nitrogens with one attached hydrogen (secondary N) is 1. The number of ether oxygens (including phenoxy) is 2. The summed E-state index contributed by atoms with van der Waals surface area (Å²) >= 11 is 5.81. The SMILES string of the molecule is Nc1nnc(Cl)cc1OCCc1cccc(OCCN2CCNCC2)c1. The molecule has 0 atom stereocenters. The predicted octanol–water partition coefficient (Wildman–Crippen LogP) is 1.62. The molecule has 8 heteroatoms. The van der Waals surface area contributed by atoms with Gasteiger partial charge in [-0.25, -0.2) is 0 Å². The maximum atomic E-state index is 5.89. The lowest BCUT2D eigenvalue weighted by atomic mass is 10.1. The van der Waals surface area contributed by atoms with Crippen molar-refractivity contribution in [1.29, 1.82) is 0 Å². The van der Waals surface area contributed by atoms with Crippen LogP contribution in [0.1, 0.15) is 5.56 Å². The van der Waals surface area contributed by atoms with Crippen molar-refractivity contribution in [1.82, 2.24) is 20.4 Å². The Morgan fingerprint density at radius 1 is 1.12 bits per heavy atom. The first-order valence-corrected chi connectivity index (χ1v) is 9.15. The van der Waals surface area contributed by atoms with Gasteiger partial charge in [-0.3, -0.25) is 4.90 Å². The Bertz CT molecular complexity index is 710. The summed E-state index contributed by atoms with van der Waals surface area (Å²) in [5.74, 6) is 1.57. The van der Waals surface area contributed by atoms with Gasteiger partial charge in [0.15, 0.2) is 16.7 Å². The van der Waals surface area contributed by atoms with Crippen LogP contribution in [0.2, 0.25) is 5.15 Å². The summed E-state index contributed by atoms with van der Waals surface area (Å²) in [5.41, 5.74) is 6.86. The molecule has 140 valence electrons. The molecular weight excluding hydrogens is 354 g/mol. The molecule has 1 aliphatic heterocycles. The summed E-state index contributed by atoms with van der Waals surface area (Å²) in [5, 5.41) is 11.0. The molecular formula is C18H24ClN5O2. The highest BCUT2D eigenvalue weighted by Gasteiger charge is 2.09. The minimum atomic E-state index is 0.236. The number of rotatable bonds is 8. The van der Waals surface area contributed by atoms with E-state index in [9.17, 15) is 0 Å². The van der Waals surface area contributed by atoms with Gasteiger partial charge in [0.05, 0.1) is 6.61 Å². The largest absolute Gasteiger partial charge is 0.492 e. The zero-order chi connectivity index (χ0) is 18.2. The molecule has 1 fully saturated rings. The van der Waals surface area contributed by atoms with Gasteiger partial charge in [-0.1, -0.05) is 23.7 Å². The normalized spacial score (nSPS) is 15.0. The molecule has 26 heavy (non-hydrogen) atoms. The average molecular weight is 378 g/mol. The van der Waals surface area contributed by atoms with Gasteiger partial charge >= 0.3 is 0 Å². The van der Waals surface area contributed by atoms with E-state index in [1.54, 1.807) is 6.07 Å². The van der Waals surface area contributed by atoms with Crippen molar-refractivity contribution in [2.45, 2.75) is 6.42 Å². The van der Waals surface area contributed by atoms with E-state index >= 15 is 0 Å². The number of nitrogens with two attached hydrogens (primary N) is 1. The molecule has 0 unspecified atom stereocenters. The minimum Gasteiger partial charge on any atom is -0.492 e. The molecule has 2 aromatic rings. The zero-order valence-corrected chi connectivity index (χ0v) is 15.4. The van der Waals surface area contributed by atoms with Crippen LogP contribution in [0.15, 0.2) is 30.3 Å². The molecule has 2 heterocycles. The first-order valence-electron chi connectivity index (χ1n) is 8.77. The molecule has 1 aliphatic rings. The van der Waals surface area contributed by atoms with Crippen molar-refractivity contribution in [3.63, 3.8) is 0 Å². The fraction of sp³-hybridized carbons (Fsp3) is 0.444. The summed E-state index contributed by atoms with van der Waals surface area (Å²) in [6, 6.07) is 9.64. The first kappa shape index (κ1) is 18.7. The number of hydrogen-bond donors (Lipinski definition) is 2. The van der Waals surface area contributed by atoms with Gasteiger partial charge in [0.1, 0.15) is 12.4 Å². The fourth-order valence-corrected chi connectivity index (χ4v) is 2.91. The molecule has 1 saturated heterocycles. The van der Waals surface area contributed by atoms with Gasteiger partial charge in [-0.15, -0.1) is 10.2 Å². The summed E-state index contributed by atoms with van der Waals surface area (Å²) in [7, 11) is 0. The topological polar surface area (TPSA) is 85.5 Å². The van der Waals surface area contributed by atoms with Crippen LogP contribution >= 0.6 is 11.6 Å². The fourth-order valence-electron chi connectivity index (χ4n) is 2.77. The second-order valence-corrected chi connectivity index (χ2v) is 6.49. The third-order valence-corrected chi connectivity index (χ3v) is 4.37. The Morgan fingerprint density at radius 3 is 2.81 bits per heavy atom. The van der Waals surface area contributed by atoms with Crippen molar-refractivity contribution < 1.29 is 9.47 Å². The summed E-state index contributed by atoms with van der Waals surface area (Å²) < 4.78 is 11.5. The summed E-state index contributed by atoms with van der Waals surface area (Å²) in [4.78, 5) is 2.41. The van der Waals surface area contributed by atoms with E-state index in [0.717, 1.165) is 50.5 Å². The van der Waals surface area contributed by atoms with E-state index in [2.05, 4.69) is 20.4 Å². The lowest BCUT2D eigenvalue weighted by molar-refractivity contribution is 0.191. The Balaban J connectivity index is 1.44. The van der Waals surface area contributed by atoms with E-state index in [0.29, 0.717) is 19.0 Å². The molecule has 7 nitrogen and oxygen atoms in total. The van der Waals surface area contributed by atoms with Crippen LogP contribution in [0.25, 0.3) is 0 Å². The second-order valence-electron chi connectivity index (χ2n) is 6.10. The number of piperazine rings is 1. The van der Waals surface area contributed by atoms with Crippen LogP contribution in [-0.2, 0) is 6.42 Å². The maximum Gasteiger partial charge on any atom is 0.188 e. The molecule has 3 rings (SSSR count). The highest BCUT2D eigenvalue weighted by molar-refractivity contribution is 6.29. The second kappa shape index (κ2) is 9.56. The van der Waals surface area contributed by atoms with Gasteiger partial charge in [-0.2, -0.15) is 0 Å². The third-order valence-electron chi connectivity index (χ3n) is 4.19. The van der Waals surface area contributed by atoms with Gasteiger partial charge in [-0.05, 0) is 17.7 Å². The zero-order valence-electron chi connectivity index (χ0n) is 14.7. The number of halogens is 1. The van der Waals surface area contributed by atoms with Gasteiger partial charge in [0, 0.05) is 45.2 Å². The molecule has 1 aromatic carbocycles. The monoisotopic (exact) mass is 377 g/mol. The number of aromatic nitrogens is 2. The van der Waals surface area contributed by atoms with Gasteiger partial charge in [0.2, 0.25) is 0 Å². The van der Waals surface area contributed by atoms with E-state index in [1.807, 2.05) is 24.3 Å². The van der Waals surface area contributed by atoms with Crippen LogP contribution in [0.3, 0.4) is 0 Å². The van der Waals surface area contributed by atoms with Gasteiger partial charge < -0.3 is 20.5 Å². The van der Waals surface area contributed by atoms with Crippen LogP contribution in [0, 0.1) is 0 Å². The van der Waals surface area contributed by atoms with E-state index < -0.39 is 0 Å². The number of hydrogen-bond acceptors (Lipinski definition) is 7. The highest BCUT2D eigenvalue weighted by Crippen LogP contribution is 2.21. The maximum absolute atomic E-state index is 5.89. The Morgan fingerprint density at radius 2 is 1.96 bits per heavy atom. The average Bonchev–Trinajstić information content (AvgIpc) is 2.66. The lowest BCUT2D eigenvalue weighted by Crippen LogP contribution is -2.44. The third kappa shape index (κ3) is 5.72. The summed E-state index contributed by atoms with van der Waals surface area (Å²) in [6.45, 7) is 6.38. The standard InChI is InChI=1S/C18H24ClN5O2/c19-17-13-16(18(20)23-22-17)26-10-4-14-2-1-3-15(12-14)25-11-9-24-7-5-21-6-8-24/h1-3,12-13,21H,4-11H2,(H2,20,23). The summed E-state index contributed by atoms with van der Waals surface area (Å²) in [6.07, 6.45) is 0.731. The van der Waals surface area contributed by atoms with Crippen LogP contribution < -0.4 is 20.5 Å². The van der Waals surface area contributed by atoms with Crippen molar-refractivity contribution in [3.8, 4) is 11.5 Å². The number of nitrogens with zero attached hydrogens (tertiary/aromatic N) is 3. The predicted molar refractivity (Wildman–Crippen MR) is 102 cm³/mol. The molecule has 0 aliphatic carbocycles. The minimum absolute atomic E-state index is 0.236. The van der Waals surface area contributed by atoms with Crippen LogP contribution in [0.4, 0.5) is 5.82 Å². The molecule has 0 radical (unpaired) electrons. The van der Waals surface area contributed by atoms with Crippen molar-refractivity contribution >= 4 is 17.4 Å². The van der Waals surface area contributed by atoms with Crippen LogP contribution in [0.5, 0.6) is 11.5 Å². The molecule has 1 aromatic heterocycles. The smallest absolute Gasteiger partial charge is 0.188 e. The Kier molecular flexibility index (Phi) is 6.88. The van der Waals surface area contributed by atoms with Gasteiger partial charge in [0.25, 0.3) is 0 Å².